The fraction of sp³-hybridized carbons (Fsp3) is 0.600. The molecule has 0 aliphatic rings. The Morgan fingerprint density at radius 1 is 1.17 bits per heavy atom. The topological polar surface area (TPSA) is 41.5 Å². The third kappa shape index (κ3) is 5.52. The van der Waals surface area contributed by atoms with Crippen LogP contribution >= 0.6 is 0 Å². The summed E-state index contributed by atoms with van der Waals surface area (Å²) in [5.41, 5.74) is 2.48. The zero-order valence-corrected chi connectivity index (χ0v) is 11.5. The van der Waals surface area contributed by atoms with Crippen LogP contribution in [0.2, 0.25) is 0 Å². The highest BCUT2D eigenvalue weighted by Gasteiger charge is 2.02. The summed E-state index contributed by atoms with van der Waals surface area (Å²) in [7, 11) is 1.71. The predicted octanol–water partition coefficient (Wildman–Crippen LogP) is 2.65. The van der Waals surface area contributed by atoms with Crippen LogP contribution in [0.4, 0.5) is 0 Å². The minimum absolute atomic E-state index is 0.313. The highest BCUT2D eigenvalue weighted by molar-refractivity contribution is 5.36. The van der Waals surface area contributed by atoms with Crippen LogP contribution in [0.3, 0.4) is 0 Å². The maximum Gasteiger partial charge on any atom is 0.123 e. The molecule has 102 valence electrons. The molecule has 0 fully saturated rings. The fourth-order valence-corrected chi connectivity index (χ4v) is 1.98. The third-order valence-corrected chi connectivity index (χ3v) is 3.01. The van der Waals surface area contributed by atoms with Gasteiger partial charge in [-0.2, -0.15) is 0 Å². The van der Waals surface area contributed by atoms with Gasteiger partial charge >= 0.3 is 0 Å². The molecule has 3 heteroatoms. The summed E-state index contributed by atoms with van der Waals surface area (Å²) in [5, 5.41) is 12.1. The predicted molar refractivity (Wildman–Crippen MR) is 75.0 cm³/mol. The van der Waals surface area contributed by atoms with E-state index >= 15 is 0 Å². The van der Waals surface area contributed by atoms with Gasteiger partial charge in [0.25, 0.3) is 0 Å². The minimum Gasteiger partial charge on any atom is -0.496 e. The Labute approximate surface area is 110 Å². The number of aliphatic hydroxyl groups is 1. The summed E-state index contributed by atoms with van der Waals surface area (Å²) >= 11 is 0. The molecule has 0 unspecified atom stereocenters. The maximum atomic E-state index is 8.67. The van der Waals surface area contributed by atoms with Crippen molar-refractivity contribution < 1.29 is 9.84 Å². The van der Waals surface area contributed by atoms with Crippen LogP contribution in [-0.4, -0.2) is 25.4 Å². The second-order valence-corrected chi connectivity index (χ2v) is 4.63. The Morgan fingerprint density at radius 3 is 2.67 bits per heavy atom. The quantitative estimate of drug-likeness (QED) is 0.663. The molecule has 1 aromatic carbocycles. The second kappa shape index (κ2) is 8.95. The number of nitrogens with one attached hydrogen (secondary N) is 1. The lowest BCUT2D eigenvalue weighted by Crippen LogP contribution is -2.15. The van der Waals surface area contributed by atoms with E-state index in [1.54, 1.807) is 7.11 Å². The van der Waals surface area contributed by atoms with Gasteiger partial charge in [-0.1, -0.05) is 30.5 Å². The van der Waals surface area contributed by atoms with Gasteiger partial charge in [-0.3, -0.25) is 0 Å². The average Bonchev–Trinajstić information content (AvgIpc) is 2.38. The molecule has 0 aliphatic carbocycles. The molecular weight excluding hydrogens is 226 g/mol. The summed E-state index contributed by atoms with van der Waals surface area (Å²) in [6, 6.07) is 6.25. The monoisotopic (exact) mass is 251 g/mol. The van der Waals surface area contributed by atoms with Crippen LogP contribution in [0.25, 0.3) is 0 Å². The van der Waals surface area contributed by atoms with Gasteiger partial charge in [-0.15, -0.1) is 0 Å². The molecule has 0 spiro atoms. The molecule has 0 amide bonds. The van der Waals surface area contributed by atoms with E-state index in [1.807, 2.05) is 6.07 Å². The van der Waals surface area contributed by atoms with Crippen LogP contribution < -0.4 is 10.1 Å². The molecule has 0 saturated heterocycles. The van der Waals surface area contributed by atoms with Gasteiger partial charge in [-0.05, 0) is 32.4 Å². The Bertz CT molecular complexity index is 339. The van der Waals surface area contributed by atoms with Gasteiger partial charge < -0.3 is 15.2 Å². The van der Waals surface area contributed by atoms with Gasteiger partial charge in [0.15, 0.2) is 0 Å². The standard InChI is InChI=1S/C15H25NO2/c1-13-7-8-15(18-2)14(11-13)12-16-9-5-3-4-6-10-17/h7-8,11,16-17H,3-6,9-10,12H2,1-2H3. The van der Waals surface area contributed by atoms with Crippen molar-refractivity contribution in [3.63, 3.8) is 0 Å². The summed E-state index contributed by atoms with van der Waals surface area (Å²) in [6.45, 7) is 4.28. The average molecular weight is 251 g/mol. The molecule has 3 nitrogen and oxygen atoms in total. The number of aryl methyl sites for hydroxylation is 1. The number of ether oxygens (including phenoxy) is 1. The Balaban J connectivity index is 2.24. The molecule has 0 saturated carbocycles. The van der Waals surface area contributed by atoms with Crippen molar-refractivity contribution in [3.8, 4) is 5.75 Å². The second-order valence-electron chi connectivity index (χ2n) is 4.63. The number of benzene rings is 1. The van der Waals surface area contributed by atoms with Gasteiger partial charge in [0.1, 0.15) is 5.75 Å². The highest BCUT2D eigenvalue weighted by atomic mass is 16.5. The van der Waals surface area contributed by atoms with Crippen molar-refractivity contribution in [1.29, 1.82) is 0 Å². The first-order valence-electron chi connectivity index (χ1n) is 6.73. The molecule has 0 atom stereocenters. The van der Waals surface area contributed by atoms with E-state index in [9.17, 15) is 0 Å². The van der Waals surface area contributed by atoms with Crippen LogP contribution in [0.5, 0.6) is 5.75 Å². The first kappa shape index (κ1) is 15.0. The Kier molecular flexibility index (Phi) is 7.46. The first-order chi connectivity index (χ1) is 8.77. The van der Waals surface area contributed by atoms with Gasteiger partial charge in [0.05, 0.1) is 7.11 Å². The van der Waals surface area contributed by atoms with Gasteiger partial charge in [-0.25, -0.2) is 0 Å². The Morgan fingerprint density at radius 2 is 1.94 bits per heavy atom. The smallest absolute Gasteiger partial charge is 0.123 e. The van der Waals surface area contributed by atoms with Crippen molar-refractivity contribution in [2.24, 2.45) is 0 Å². The number of unbranched alkanes of at least 4 members (excludes halogenated alkanes) is 3. The molecule has 0 heterocycles. The normalized spacial score (nSPS) is 10.6. The lowest BCUT2D eigenvalue weighted by atomic mass is 10.1. The minimum atomic E-state index is 0.313. The highest BCUT2D eigenvalue weighted by Crippen LogP contribution is 2.19. The van der Waals surface area contributed by atoms with E-state index < -0.39 is 0 Å². The number of methoxy groups -OCH3 is 1. The molecule has 2 N–H and O–H groups in total. The van der Waals surface area contributed by atoms with E-state index in [1.165, 1.54) is 17.5 Å². The molecular formula is C15H25NO2. The van der Waals surface area contributed by atoms with Crippen molar-refractivity contribution in [3.05, 3.63) is 29.3 Å². The lowest BCUT2D eigenvalue weighted by molar-refractivity contribution is 0.282. The van der Waals surface area contributed by atoms with E-state index in [-0.39, 0.29) is 0 Å². The van der Waals surface area contributed by atoms with E-state index in [4.69, 9.17) is 9.84 Å². The summed E-state index contributed by atoms with van der Waals surface area (Å²) in [5.74, 6) is 0.952. The Hall–Kier alpha value is -1.06. The van der Waals surface area contributed by atoms with Crippen molar-refractivity contribution in [2.75, 3.05) is 20.3 Å². The van der Waals surface area contributed by atoms with Crippen molar-refractivity contribution >= 4 is 0 Å². The molecule has 0 aromatic heterocycles. The van der Waals surface area contributed by atoms with Crippen molar-refractivity contribution in [2.45, 2.75) is 39.2 Å². The first-order valence-corrected chi connectivity index (χ1v) is 6.73. The summed E-state index contributed by atoms with van der Waals surface area (Å²) in [4.78, 5) is 0. The van der Waals surface area contributed by atoms with Gasteiger partial charge in [0, 0.05) is 18.7 Å². The SMILES string of the molecule is COc1ccc(C)cc1CNCCCCCCO. The van der Waals surface area contributed by atoms with Crippen LogP contribution in [0.15, 0.2) is 18.2 Å². The third-order valence-electron chi connectivity index (χ3n) is 3.01. The number of aliphatic hydroxyl groups excluding tert-OH is 1. The van der Waals surface area contributed by atoms with Crippen LogP contribution in [0, 0.1) is 6.92 Å². The molecule has 0 radical (unpaired) electrons. The molecule has 18 heavy (non-hydrogen) atoms. The van der Waals surface area contributed by atoms with E-state index in [2.05, 4.69) is 24.4 Å². The molecule has 1 rings (SSSR count). The van der Waals surface area contributed by atoms with E-state index in [0.29, 0.717) is 6.61 Å². The summed E-state index contributed by atoms with van der Waals surface area (Å²) < 4.78 is 5.34. The largest absolute Gasteiger partial charge is 0.496 e. The molecule has 0 bridgehead atoms. The summed E-state index contributed by atoms with van der Waals surface area (Å²) in [6.07, 6.45) is 4.38. The number of hydrogen-bond donors (Lipinski definition) is 2. The molecule has 0 aliphatic heterocycles. The fourth-order valence-electron chi connectivity index (χ4n) is 1.98. The maximum absolute atomic E-state index is 8.67. The molecule has 1 aromatic rings. The number of hydrogen-bond acceptors (Lipinski definition) is 3. The zero-order valence-electron chi connectivity index (χ0n) is 11.5. The van der Waals surface area contributed by atoms with E-state index in [0.717, 1.165) is 38.1 Å². The lowest BCUT2D eigenvalue weighted by Gasteiger charge is -2.10. The zero-order chi connectivity index (χ0) is 13.2. The van der Waals surface area contributed by atoms with Crippen LogP contribution in [-0.2, 0) is 6.54 Å². The van der Waals surface area contributed by atoms with Crippen LogP contribution in [0.1, 0.15) is 36.8 Å². The number of rotatable bonds is 9. The van der Waals surface area contributed by atoms with Crippen molar-refractivity contribution in [1.82, 2.24) is 5.32 Å². The van der Waals surface area contributed by atoms with Gasteiger partial charge in [0.2, 0.25) is 0 Å².